The second-order valence-electron chi connectivity index (χ2n) is 8.32. The SMILES string of the molecule is COc1ccccc1N1C(=O)C(=O)/C(=C(\O)c2ccc3ccccc3c2)C1c1cccc(C)c1. The van der Waals surface area contributed by atoms with Crippen molar-refractivity contribution in [1.29, 1.82) is 0 Å². The molecule has 1 saturated heterocycles. The van der Waals surface area contributed by atoms with E-state index in [9.17, 15) is 14.7 Å². The first-order valence-electron chi connectivity index (χ1n) is 11.0. The minimum absolute atomic E-state index is 0.0526. The minimum Gasteiger partial charge on any atom is -0.507 e. The summed E-state index contributed by atoms with van der Waals surface area (Å²) in [5.41, 5.74) is 2.71. The van der Waals surface area contributed by atoms with E-state index in [0.29, 0.717) is 17.0 Å². The first-order valence-corrected chi connectivity index (χ1v) is 11.0. The van der Waals surface area contributed by atoms with Crippen LogP contribution in [0.5, 0.6) is 5.75 Å². The van der Waals surface area contributed by atoms with Crippen LogP contribution in [-0.4, -0.2) is 23.9 Å². The van der Waals surface area contributed by atoms with Crippen LogP contribution in [0, 0.1) is 6.92 Å². The highest BCUT2D eigenvalue weighted by Gasteiger charge is 2.47. The van der Waals surface area contributed by atoms with Crippen LogP contribution in [0.2, 0.25) is 0 Å². The number of para-hydroxylation sites is 2. The number of aliphatic hydroxyl groups excluding tert-OH is 1. The van der Waals surface area contributed by atoms with Crippen LogP contribution in [0.25, 0.3) is 16.5 Å². The predicted octanol–water partition coefficient (Wildman–Crippen LogP) is 5.78. The van der Waals surface area contributed by atoms with E-state index < -0.39 is 17.7 Å². The Bertz CT molecular complexity index is 1470. The number of nitrogens with zero attached hydrogens (tertiary/aromatic N) is 1. The molecule has 34 heavy (non-hydrogen) atoms. The molecular weight excluding hydrogens is 426 g/mol. The lowest BCUT2D eigenvalue weighted by molar-refractivity contribution is -0.132. The molecular formula is C29H23NO4. The molecule has 1 unspecified atom stereocenters. The highest BCUT2D eigenvalue weighted by Crippen LogP contribution is 2.45. The monoisotopic (exact) mass is 449 g/mol. The van der Waals surface area contributed by atoms with E-state index in [2.05, 4.69) is 0 Å². The summed E-state index contributed by atoms with van der Waals surface area (Å²) in [6, 6.07) is 27.1. The number of amides is 1. The number of aryl methyl sites for hydroxylation is 1. The molecule has 5 heteroatoms. The Morgan fingerprint density at radius 3 is 2.35 bits per heavy atom. The third-order valence-electron chi connectivity index (χ3n) is 6.17. The summed E-state index contributed by atoms with van der Waals surface area (Å²) in [5.74, 6) is -1.18. The summed E-state index contributed by atoms with van der Waals surface area (Å²) in [4.78, 5) is 28.2. The first kappa shape index (κ1) is 21.5. The van der Waals surface area contributed by atoms with Gasteiger partial charge in [0.05, 0.1) is 24.4 Å². The van der Waals surface area contributed by atoms with Crippen LogP contribution in [0.15, 0.2) is 96.6 Å². The number of Topliss-reactive ketones (excluding diaryl/α,β-unsaturated/α-hetero) is 1. The number of ketones is 1. The Labute approximate surface area is 197 Å². The normalized spacial score (nSPS) is 17.4. The maximum absolute atomic E-state index is 13.4. The van der Waals surface area contributed by atoms with Gasteiger partial charge < -0.3 is 9.84 Å². The average molecular weight is 450 g/mol. The Balaban J connectivity index is 1.76. The second-order valence-corrected chi connectivity index (χ2v) is 8.32. The molecule has 0 aliphatic carbocycles. The van der Waals surface area contributed by atoms with Gasteiger partial charge in [0, 0.05) is 5.56 Å². The third kappa shape index (κ3) is 3.52. The number of fused-ring (bicyclic) bond motifs is 1. The van der Waals surface area contributed by atoms with E-state index >= 15 is 0 Å². The van der Waals surface area contributed by atoms with E-state index in [0.717, 1.165) is 21.9 Å². The van der Waals surface area contributed by atoms with Gasteiger partial charge >= 0.3 is 0 Å². The summed E-state index contributed by atoms with van der Waals surface area (Å²) in [6.07, 6.45) is 0. The summed E-state index contributed by atoms with van der Waals surface area (Å²) in [6.45, 7) is 1.95. The number of anilines is 1. The van der Waals surface area contributed by atoms with E-state index in [1.54, 1.807) is 30.3 Å². The van der Waals surface area contributed by atoms with Gasteiger partial charge in [0.2, 0.25) is 0 Å². The number of rotatable bonds is 4. The third-order valence-corrected chi connectivity index (χ3v) is 6.17. The first-order chi connectivity index (χ1) is 16.5. The second kappa shape index (κ2) is 8.52. The van der Waals surface area contributed by atoms with E-state index in [1.807, 2.05) is 67.6 Å². The summed E-state index contributed by atoms with van der Waals surface area (Å²) >= 11 is 0. The van der Waals surface area contributed by atoms with E-state index in [1.165, 1.54) is 12.0 Å². The van der Waals surface area contributed by atoms with Crippen molar-refractivity contribution in [3.05, 3.63) is 113 Å². The quantitative estimate of drug-likeness (QED) is 0.244. The number of hydrogen-bond donors (Lipinski definition) is 1. The molecule has 1 N–H and O–H groups in total. The zero-order chi connectivity index (χ0) is 23.8. The van der Waals surface area contributed by atoms with E-state index in [-0.39, 0.29) is 11.3 Å². The molecule has 4 aromatic rings. The van der Waals surface area contributed by atoms with Crippen molar-refractivity contribution in [3.63, 3.8) is 0 Å². The van der Waals surface area contributed by atoms with Crippen molar-refractivity contribution in [3.8, 4) is 5.75 Å². The topological polar surface area (TPSA) is 66.8 Å². The number of benzene rings is 4. The molecule has 0 bridgehead atoms. The molecule has 168 valence electrons. The Kier molecular flexibility index (Phi) is 5.38. The Hall–Kier alpha value is -4.38. The van der Waals surface area contributed by atoms with Crippen LogP contribution < -0.4 is 9.64 Å². The largest absolute Gasteiger partial charge is 0.507 e. The lowest BCUT2D eigenvalue weighted by Gasteiger charge is -2.27. The zero-order valence-electron chi connectivity index (χ0n) is 18.9. The molecule has 1 aliphatic heterocycles. The minimum atomic E-state index is -0.803. The summed E-state index contributed by atoms with van der Waals surface area (Å²) < 4.78 is 5.49. The standard InChI is InChI=1S/C29H23NO4/c1-18-8-7-11-21(16-18)26-25(27(31)22-15-14-19-9-3-4-10-20(19)17-22)28(32)29(33)30(26)23-12-5-6-13-24(23)34-2/h3-17,26,31H,1-2H3/b27-25-. The number of methoxy groups -OCH3 is 1. The molecule has 1 heterocycles. The lowest BCUT2D eigenvalue weighted by atomic mass is 9.93. The number of aliphatic hydroxyl groups is 1. The molecule has 0 aromatic heterocycles. The van der Waals surface area contributed by atoms with Crippen LogP contribution in [0.4, 0.5) is 5.69 Å². The van der Waals surface area contributed by atoms with Crippen LogP contribution in [0.1, 0.15) is 22.7 Å². The van der Waals surface area contributed by atoms with Gasteiger partial charge in [-0.15, -0.1) is 0 Å². The lowest BCUT2D eigenvalue weighted by Crippen LogP contribution is -2.29. The van der Waals surface area contributed by atoms with Crippen molar-refractivity contribution in [2.75, 3.05) is 12.0 Å². The van der Waals surface area contributed by atoms with Crippen molar-refractivity contribution in [1.82, 2.24) is 0 Å². The summed E-state index contributed by atoms with van der Waals surface area (Å²) in [7, 11) is 1.52. The van der Waals surface area contributed by atoms with Crippen molar-refractivity contribution in [2.24, 2.45) is 0 Å². The molecule has 1 amide bonds. The average Bonchev–Trinajstić information content (AvgIpc) is 3.13. The maximum atomic E-state index is 13.4. The zero-order valence-corrected chi connectivity index (χ0v) is 18.9. The number of ether oxygens (including phenoxy) is 1. The predicted molar refractivity (Wildman–Crippen MR) is 133 cm³/mol. The Morgan fingerprint density at radius 2 is 1.59 bits per heavy atom. The molecule has 5 rings (SSSR count). The van der Waals surface area contributed by atoms with Gasteiger partial charge in [0.1, 0.15) is 11.5 Å². The molecule has 1 fully saturated rings. The molecule has 1 atom stereocenters. The van der Waals surface area contributed by atoms with Gasteiger partial charge in [-0.3, -0.25) is 14.5 Å². The fraction of sp³-hybridized carbons (Fsp3) is 0.103. The van der Waals surface area contributed by atoms with Crippen molar-refractivity contribution in [2.45, 2.75) is 13.0 Å². The maximum Gasteiger partial charge on any atom is 0.300 e. The highest BCUT2D eigenvalue weighted by atomic mass is 16.5. The molecule has 1 aliphatic rings. The van der Waals surface area contributed by atoms with Gasteiger partial charge in [0.25, 0.3) is 11.7 Å². The van der Waals surface area contributed by atoms with Gasteiger partial charge in [0.15, 0.2) is 0 Å². The van der Waals surface area contributed by atoms with Crippen LogP contribution >= 0.6 is 0 Å². The smallest absolute Gasteiger partial charge is 0.300 e. The van der Waals surface area contributed by atoms with Crippen molar-refractivity contribution >= 4 is 33.9 Å². The van der Waals surface area contributed by atoms with Crippen LogP contribution in [-0.2, 0) is 9.59 Å². The molecule has 0 spiro atoms. The number of carbonyl (C=O) groups excluding carboxylic acids is 2. The van der Waals surface area contributed by atoms with Gasteiger partial charge in [-0.05, 0) is 41.5 Å². The fourth-order valence-corrected chi connectivity index (χ4v) is 4.56. The highest BCUT2D eigenvalue weighted by molar-refractivity contribution is 6.52. The fourth-order valence-electron chi connectivity index (χ4n) is 4.56. The van der Waals surface area contributed by atoms with Crippen LogP contribution in [0.3, 0.4) is 0 Å². The molecule has 4 aromatic carbocycles. The van der Waals surface area contributed by atoms with Gasteiger partial charge in [-0.2, -0.15) is 0 Å². The Morgan fingerprint density at radius 1 is 0.853 bits per heavy atom. The molecule has 0 saturated carbocycles. The molecule has 0 radical (unpaired) electrons. The number of carbonyl (C=O) groups is 2. The van der Waals surface area contributed by atoms with E-state index in [4.69, 9.17) is 4.74 Å². The summed E-state index contributed by atoms with van der Waals surface area (Å²) in [5, 5.41) is 13.4. The number of hydrogen-bond acceptors (Lipinski definition) is 4. The van der Waals surface area contributed by atoms with Gasteiger partial charge in [-0.1, -0.05) is 78.4 Å². The van der Waals surface area contributed by atoms with Crippen molar-refractivity contribution < 1.29 is 19.4 Å². The van der Waals surface area contributed by atoms with Gasteiger partial charge in [-0.25, -0.2) is 0 Å². The molecule has 5 nitrogen and oxygen atoms in total.